The first kappa shape index (κ1) is 33.6. The molecular formula is C28H49N2O6P. The fourth-order valence-electron chi connectivity index (χ4n) is 4.06. The predicted molar refractivity (Wildman–Crippen MR) is 147 cm³/mol. The molecule has 8 nitrogen and oxygen atoms in total. The second kappa shape index (κ2) is 22.5. The van der Waals surface area contributed by atoms with Crippen molar-refractivity contribution < 1.29 is 28.5 Å². The van der Waals surface area contributed by atoms with Crippen LogP contribution in [0.5, 0.6) is 5.75 Å². The van der Waals surface area contributed by atoms with E-state index >= 15 is 0 Å². The van der Waals surface area contributed by atoms with Gasteiger partial charge in [0.05, 0.1) is 30.9 Å². The fourth-order valence-corrected chi connectivity index (χ4v) is 4.44. The molecule has 0 aromatic heterocycles. The summed E-state index contributed by atoms with van der Waals surface area (Å²) in [6.07, 6.45) is 21.0. The Bertz CT molecular complexity index is 767. The number of benzene rings is 1. The summed E-state index contributed by atoms with van der Waals surface area (Å²) in [5.74, 6) is 0.415. The van der Waals surface area contributed by atoms with Gasteiger partial charge in [-0.2, -0.15) is 5.26 Å². The van der Waals surface area contributed by atoms with Gasteiger partial charge in [0, 0.05) is 12.7 Å². The molecule has 9 heteroatoms. The van der Waals surface area contributed by atoms with Crippen LogP contribution in [-0.4, -0.2) is 35.6 Å². The van der Waals surface area contributed by atoms with Gasteiger partial charge in [0.2, 0.25) is 0 Å². The molecule has 0 radical (unpaired) electrons. The molecule has 1 rings (SSSR count). The Hall–Kier alpha value is -1.46. The maximum Gasteiger partial charge on any atom is 0.469 e. The van der Waals surface area contributed by atoms with Crippen LogP contribution < -0.4 is 10.3 Å². The van der Waals surface area contributed by atoms with Gasteiger partial charge in [0.25, 0.3) is 0 Å². The average Bonchev–Trinajstić information content (AvgIpc) is 2.88. The zero-order chi connectivity index (χ0) is 27.0. The molecule has 1 atom stereocenters. The summed E-state index contributed by atoms with van der Waals surface area (Å²) in [5.41, 5.74) is 3.16. The highest BCUT2D eigenvalue weighted by Crippen LogP contribution is 2.35. The molecule has 0 aliphatic carbocycles. The van der Waals surface area contributed by atoms with Crippen LogP contribution in [0.1, 0.15) is 115 Å². The maximum absolute atomic E-state index is 11.1. The van der Waals surface area contributed by atoms with Crippen molar-refractivity contribution in [3.05, 3.63) is 29.8 Å². The molecular weight excluding hydrogens is 491 g/mol. The van der Waals surface area contributed by atoms with Crippen molar-refractivity contribution in [3.63, 3.8) is 0 Å². The first-order valence-electron chi connectivity index (χ1n) is 14.1. The van der Waals surface area contributed by atoms with E-state index in [0.717, 1.165) is 12.8 Å². The third-order valence-electron chi connectivity index (χ3n) is 6.21. The number of hydrogen-bond donors (Lipinski definition) is 3. The van der Waals surface area contributed by atoms with E-state index in [1.165, 1.54) is 89.9 Å². The number of phosphoric ester groups is 1. The lowest BCUT2D eigenvalue weighted by molar-refractivity contribution is 0.0357. The number of ether oxygens (including phenoxy) is 1. The number of hydrogen-bond acceptors (Lipinski definition) is 6. The predicted octanol–water partition coefficient (Wildman–Crippen LogP) is 7.20. The van der Waals surface area contributed by atoms with Crippen LogP contribution in [0.2, 0.25) is 0 Å². The summed E-state index contributed by atoms with van der Waals surface area (Å²) in [6, 6.07) is 8.02. The molecule has 0 aliphatic heterocycles. The molecule has 0 saturated carbocycles. The molecule has 0 aliphatic rings. The van der Waals surface area contributed by atoms with E-state index in [9.17, 15) is 4.57 Å². The smallest absolute Gasteiger partial charge is 0.408 e. The molecule has 3 N–H and O–H groups in total. The molecule has 1 aromatic carbocycles. The van der Waals surface area contributed by atoms with Crippen LogP contribution in [0, 0.1) is 11.3 Å². The van der Waals surface area contributed by atoms with Gasteiger partial charge < -0.3 is 19.4 Å². The van der Waals surface area contributed by atoms with Crippen LogP contribution in [0.4, 0.5) is 0 Å². The van der Waals surface area contributed by atoms with Crippen LogP contribution in [0.3, 0.4) is 0 Å². The van der Waals surface area contributed by atoms with E-state index in [-0.39, 0.29) is 13.2 Å². The Morgan fingerprint density at radius 1 is 0.865 bits per heavy atom. The molecule has 0 fully saturated rings. The zero-order valence-corrected chi connectivity index (χ0v) is 23.6. The van der Waals surface area contributed by atoms with E-state index in [0.29, 0.717) is 17.9 Å². The Morgan fingerprint density at radius 3 is 1.92 bits per heavy atom. The van der Waals surface area contributed by atoms with Crippen LogP contribution in [0.15, 0.2) is 24.3 Å². The van der Waals surface area contributed by atoms with Crippen molar-refractivity contribution in [2.75, 3.05) is 19.8 Å². The Labute approximate surface area is 224 Å². The average molecular weight is 541 g/mol. The summed E-state index contributed by atoms with van der Waals surface area (Å²) < 4.78 is 21.4. The summed E-state index contributed by atoms with van der Waals surface area (Å²) in [5, 5.41) is 8.98. The first-order chi connectivity index (χ1) is 17.9. The van der Waals surface area contributed by atoms with Crippen molar-refractivity contribution in [2.45, 2.75) is 116 Å². The minimum absolute atomic E-state index is 0.177. The molecule has 0 amide bonds. The maximum atomic E-state index is 11.1. The van der Waals surface area contributed by atoms with Gasteiger partial charge in [-0.25, -0.2) is 4.57 Å². The third-order valence-corrected chi connectivity index (χ3v) is 6.70. The molecule has 0 heterocycles. The van der Waals surface area contributed by atoms with Crippen molar-refractivity contribution in [1.29, 1.82) is 5.26 Å². The summed E-state index contributed by atoms with van der Waals surface area (Å²) in [4.78, 5) is 23.4. The number of phosphoric acid groups is 1. The fraction of sp³-hybridized carbons (Fsp3) is 0.750. The van der Waals surface area contributed by atoms with E-state index in [4.69, 9.17) is 24.6 Å². The van der Waals surface area contributed by atoms with E-state index in [2.05, 4.69) is 16.9 Å². The Kier molecular flexibility index (Phi) is 20.4. The van der Waals surface area contributed by atoms with Gasteiger partial charge >= 0.3 is 7.82 Å². The molecule has 212 valence electrons. The quantitative estimate of drug-likeness (QED) is 0.0676. The van der Waals surface area contributed by atoms with Gasteiger partial charge in [-0.05, 0) is 18.6 Å². The summed E-state index contributed by atoms with van der Waals surface area (Å²) in [6.45, 7) is 2.73. The number of nitrogens with one attached hydrogen (secondary N) is 1. The van der Waals surface area contributed by atoms with Crippen molar-refractivity contribution in [3.8, 4) is 11.8 Å². The summed E-state index contributed by atoms with van der Waals surface area (Å²) >= 11 is 0. The highest BCUT2D eigenvalue weighted by Gasteiger charge is 2.19. The van der Waals surface area contributed by atoms with Gasteiger partial charge in [-0.15, -0.1) is 5.48 Å². The highest BCUT2D eigenvalue weighted by atomic mass is 31.2. The number of nitriles is 1. The Morgan fingerprint density at radius 2 is 1.41 bits per heavy atom. The third kappa shape index (κ3) is 21.2. The first-order valence-corrected chi connectivity index (χ1v) is 15.7. The lowest BCUT2D eigenvalue weighted by Crippen LogP contribution is -2.39. The SMILES string of the molecule is CCCCCCCCCCCCCCCCCCOC[C@H](COP(=O)(O)O)NOc1cccc(C#N)c1. The standard InChI is InChI=1S/C28H49N2O6P/c1-2-3-4-5-6-7-8-9-10-11-12-13-14-15-16-17-21-34-24-27(25-35-37(31,32)33)30-36-28-20-18-19-26(22-28)23-29/h18-20,22,27,30H,2-17,21,24-25H2,1H3,(H2,31,32,33)/t27-/m1/s1. The lowest BCUT2D eigenvalue weighted by atomic mass is 10.0. The minimum atomic E-state index is -4.60. The zero-order valence-electron chi connectivity index (χ0n) is 22.7. The highest BCUT2D eigenvalue weighted by molar-refractivity contribution is 7.46. The monoisotopic (exact) mass is 540 g/mol. The molecule has 37 heavy (non-hydrogen) atoms. The van der Waals surface area contributed by atoms with Crippen LogP contribution in [-0.2, 0) is 13.8 Å². The van der Waals surface area contributed by atoms with Crippen molar-refractivity contribution in [1.82, 2.24) is 5.48 Å². The second-order valence-corrected chi connectivity index (χ2v) is 11.0. The van der Waals surface area contributed by atoms with Crippen molar-refractivity contribution >= 4 is 7.82 Å². The molecule has 0 saturated heterocycles. The molecule has 0 bridgehead atoms. The van der Waals surface area contributed by atoms with Gasteiger partial charge in [0.1, 0.15) is 5.75 Å². The number of hydroxylamine groups is 1. The Balaban J connectivity index is 2.04. The van der Waals surface area contributed by atoms with Gasteiger partial charge in [0.15, 0.2) is 0 Å². The van der Waals surface area contributed by atoms with E-state index in [1.54, 1.807) is 24.3 Å². The minimum Gasteiger partial charge on any atom is -0.408 e. The van der Waals surface area contributed by atoms with E-state index < -0.39 is 13.9 Å². The van der Waals surface area contributed by atoms with Gasteiger partial charge in [-0.3, -0.25) is 4.52 Å². The molecule has 1 aromatic rings. The number of unbranched alkanes of at least 4 members (excludes halogenated alkanes) is 15. The number of rotatable bonds is 25. The van der Waals surface area contributed by atoms with Gasteiger partial charge in [-0.1, -0.05) is 109 Å². The normalized spacial score (nSPS) is 12.4. The largest absolute Gasteiger partial charge is 0.469 e. The molecule has 0 unspecified atom stereocenters. The topological polar surface area (TPSA) is 121 Å². The van der Waals surface area contributed by atoms with Crippen LogP contribution in [0.25, 0.3) is 0 Å². The number of nitrogens with zero attached hydrogens (tertiary/aromatic N) is 1. The summed E-state index contributed by atoms with van der Waals surface area (Å²) in [7, 11) is -4.60. The van der Waals surface area contributed by atoms with Crippen LogP contribution >= 0.6 is 7.82 Å². The van der Waals surface area contributed by atoms with Crippen molar-refractivity contribution in [2.24, 2.45) is 0 Å². The molecule has 0 spiro atoms. The second-order valence-electron chi connectivity index (χ2n) is 9.72. The lowest BCUT2D eigenvalue weighted by Gasteiger charge is -2.19. The van der Waals surface area contributed by atoms with E-state index in [1.807, 2.05) is 6.07 Å².